The second-order valence-corrected chi connectivity index (χ2v) is 7.70. The van der Waals surface area contributed by atoms with E-state index < -0.39 is 10.0 Å². The molecule has 0 N–H and O–H groups in total. The van der Waals surface area contributed by atoms with E-state index in [4.69, 9.17) is 0 Å². The topological polar surface area (TPSA) is 50.3 Å². The predicted octanol–water partition coefficient (Wildman–Crippen LogP) is 3.83. The standard InChI is InChI=1S/C20H20N2O2S/c1-17-7-5-8-18(15-17)12-14-22(19-9-6-13-21-16-19)25(23,24)20-10-3-2-4-11-20/h2-11,13,15-16H,12,14H2,1H3. The Bertz CT molecular complexity index is 926. The van der Waals surface area contributed by atoms with Gasteiger partial charge >= 0.3 is 0 Å². The van der Waals surface area contributed by atoms with Gasteiger partial charge in [-0.1, -0.05) is 48.0 Å². The van der Waals surface area contributed by atoms with Crippen LogP contribution in [0, 0.1) is 6.92 Å². The highest BCUT2D eigenvalue weighted by atomic mass is 32.2. The highest BCUT2D eigenvalue weighted by molar-refractivity contribution is 7.92. The molecule has 0 aliphatic rings. The predicted molar refractivity (Wildman–Crippen MR) is 100 cm³/mol. The van der Waals surface area contributed by atoms with Gasteiger partial charge in [-0.3, -0.25) is 9.29 Å². The van der Waals surface area contributed by atoms with Crippen molar-refractivity contribution >= 4 is 15.7 Å². The summed E-state index contributed by atoms with van der Waals surface area (Å²) < 4.78 is 27.7. The molecule has 1 heterocycles. The van der Waals surface area contributed by atoms with Crippen LogP contribution in [-0.4, -0.2) is 19.9 Å². The molecule has 3 aromatic rings. The lowest BCUT2D eigenvalue weighted by Crippen LogP contribution is -2.33. The Morgan fingerprint density at radius 3 is 2.44 bits per heavy atom. The van der Waals surface area contributed by atoms with Gasteiger partial charge in [-0.25, -0.2) is 8.42 Å². The van der Waals surface area contributed by atoms with Crippen LogP contribution in [0.5, 0.6) is 0 Å². The highest BCUT2D eigenvalue weighted by Crippen LogP contribution is 2.23. The van der Waals surface area contributed by atoms with Gasteiger partial charge < -0.3 is 0 Å². The van der Waals surface area contributed by atoms with Crippen molar-refractivity contribution in [1.29, 1.82) is 0 Å². The molecular weight excluding hydrogens is 332 g/mol. The van der Waals surface area contributed by atoms with Crippen LogP contribution >= 0.6 is 0 Å². The van der Waals surface area contributed by atoms with E-state index >= 15 is 0 Å². The van der Waals surface area contributed by atoms with Crippen molar-refractivity contribution < 1.29 is 8.42 Å². The van der Waals surface area contributed by atoms with Crippen molar-refractivity contribution in [2.45, 2.75) is 18.2 Å². The van der Waals surface area contributed by atoms with E-state index in [2.05, 4.69) is 11.1 Å². The number of pyridine rings is 1. The van der Waals surface area contributed by atoms with E-state index in [9.17, 15) is 8.42 Å². The summed E-state index contributed by atoms with van der Waals surface area (Å²) in [5.74, 6) is 0. The third kappa shape index (κ3) is 4.06. The zero-order valence-corrected chi connectivity index (χ0v) is 14.9. The second-order valence-electron chi connectivity index (χ2n) is 5.84. The largest absolute Gasteiger partial charge is 0.264 e. The lowest BCUT2D eigenvalue weighted by Gasteiger charge is -2.24. The van der Waals surface area contributed by atoms with Crippen LogP contribution in [0.2, 0.25) is 0 Å². The van der Waals surface area contributed by atoms with E-state index in [1.165, 1.54) is 4.31 Å². The van der Waals surface area contributed by atoms with Crippen LogP contribution in [0.3, 0.4) is 0 Å². The quantitative estimate of drug-likeness (QED) is 0.677. The molecule has 0 aliphatic carbocycles. The monoisotopic (exact) mass is 352 g/mol. The summed E-state index contributed by atoms with van der Waals surface area (Å²) in [7, 11) is -3.64. The third-order valence-electron chi connectivity index (χ3n) is 3.95. The molecule has 5 heteroatoms. The summed E-state index contributed by atoms with van der Waals surface area (Å²) in [4.78, 5) is 4.36. The minimum Gasteiger partial charge on any atom is -0.264 e. The minimum absolute atomic E-state index is 0.281. The maximum atomic E-state index is 13.1. The van der Waals surface area contributed by atoms with E-state index in [1.807, 2.05) is 25.1 Å². The molecule has 0 spiro atoms. The van der Waals surface area contributed by atoms with Gasteiger partial charge in [0, 0.05) is 12.7 Å². The first-order chi connectivity index (χ1) is 12.1. The molecule has 0 aliphatic heterocycles. The fourth-order valence-electron chi connectivity index (χ4n) is 2.71. The Morgan fingerprint density at radius 1 is 0.960 bits per heavy atom. The number of hydrogen-bond acceptors (Lipinski definition) is 3. The third-order valence-corrected chi connectivity index (χ3v) is 5.79. The number of benzene rings is 2. The first-order valence-corrected chi connectivity index (χ1v) is 9.55. The van der Waals surface area contributed by atoms with E-state index in [0.717, 1.165) is 11.1 Å². The second kappa shape index (κ2) is 7.49. The van der Waals surface area contributed by atoms with Crippen LogP contribution in [0.15, 0.2) is 84.0 Å². The fraction of sp³-hybridized carbons (Fsp3) is 0.150. The van der Waals surface area contributed by atoms with Gasteiger partial charge in [0.05, 0.1) is 16.8 Å². The molecule has 3 rings (SSSR count). The van der Waals surface area contributed by atoms with Gasteiger partial charge in [-0.15, -0.1) is 0 Å². The maximum absolute atomic E-state index is 13.1. The van der Waals surface area contributed by atoms with Crippen molar-refractivity contribution in [3.8, 4) is 0 Å². The number of aromatic nitrogens is 1. The molecule has 0 radical (unpaired) electrons. The van der Waals surface area contributed by atoms with E-state index in [-0.39, 0.29) is 4.90 Å². The summed E-state index contributed by atoms with van der Waals surface area (Å²) in [6.07, 6.45) is 3.84. The van der Waals surface area contributed by atoms with Crippen LogP contribution in [-0.2, 0) is 16.4 Å². The van der Waals surface area contributed by atoms with E-state index in [0.29, 0.717) is 18.7 Å². The lowest BCUT2D eigenvalue weighted by molar-refractivity contribution is 0.590. The number of aryl methyl sites for hydroxylation is 1. The van der Waals surface area contributed by atoms with Gasteiger partial charge in [0.2, 0.25) is 0 Å². The molecule has 0 bridgehead atoms. The van der Waals surface area contributed by atoms with Crippen molar-refractivity contribution in [2.75, 3.05) is 10.8 Å². The zero-order chi connectivity index (χ0) is 17.7. The molecule has 0 saturated heterocycles. The Hall–Kier alpha value is -2.66. The SMILES string of the molecule is Cc1cccc(CCN(c2cccnc2)S(=O)(=O)c2ccccc2)c1. The van der Waals surface area contributed by atoms with Crippen molar-refractivity contribution in [3.05, 3.63) is 90.3 Å². The maximum Gasteiger partial charge on any atom is 0.264 e. The first-order valence-electron chi connectivity index (χ1n) is 8.11. The average Bonchev–Trinajstić information content (AvgIpc) is 2.63. The molecule has 0 saturated carbocycles. The molecular formula is C20H20N2O2S. The summed E-state index contributed by atoms with van der Waals surface area (Å²) in [5, 5.41) is 0. The molecule has 0 amide bonds. The van der Waals surface area contributed by atoms with Gasteiger partial charge in [-0.05, 0) is 43.2 Å². The van der Waals surface area contributed by atoms with Crippen LogP contribution in [0.4, 0.5) is 5.69 Å². The minimum atomic E-state index is -3.64. The number of sulfonamides is 1. The van der Waals surface area contributed by atoms with Crippen LogP contribution in [0.1, 0.15) is 11.1 Å². The molecule has 2 aromatic carbocycles. The van der Waals surface area contributed by atoms with Gasteiger partial charge in [0.15, 0.2) is 0 Å². The van der Waals surface area contributed by atoms with Crippen molar-refractivity contribution in [1.82, 2.24) is 4.98 Å². The summed E-state index contributed by atoms with van der Waals surface area (Å²) in [6, 6.07) is 20.1. The molecule has 4 nitrogen and oxygen atoms in total. The number of hydrogen-bond donors (Lipinski definition) is 0. The van der Waals surface area contributed by atoms with Gasteiger partial charge in [0.25, 0.3) is 10.0 Å². The molecule has 128 valence electrons. The number of anilines is 1. The Kier molecular flexibility index (Phi) is 5.14. The molecule has 0 atom stereocenters. The van der Waals surface area contributed by atoms with E-state index in [1.54, 1.807) is 54.9 Å². The van der Waals surface area contributed by atoms with Gasteiger partial charge in [0.1, 0.15) is 0 Å². The highest BCUT2D eigenvalue weighted by Gasteiger charge is 2.24. The van der Waals surface area contributed by atoms with Crippen molar-refractivity contribution in [2.24, 2.45) is 0 Å². The summed E-state index contributed by atoms with van der Waals surface area (Å²) >= 11 is 0. The van der Waals surface area contributed by atoms with Gasteiger partial charge in [-0.2, -0.15) is 0 Å². The lowest BCUT2D eigenvalue weighted by atomic mass is 10.1. The fourth-order valence-corrected chi connectivity index (χ4v) is 4.18. The van der Waals surface area contributed by atoms with Crippen molar-refractivity contribution in [3.63, 3.8) is 0 Å². The molecule has 25 heavy (non-hydrogen) atoms. The molecule has 0 unspecified atom stereocenters. The Labute approximate surface area is 148 Å². The number of rotatable bonds is 6. The molecule has 1 aromatic heterocycles. The number of nitrogens with zero attached hydrogens (tertiary/aromatic N) is 2. The summed E-state index contributed by atoms with van der Waals surface area (Å²) in [5.41, 5.74) is 2.84. The molecule has 0 fully saturated rings. The first kappa shape index (κ1) is 17.2. The Morgan fingerprint density at radius 2 is 1.76 bits per heavy atom. The summed E-state index contributed by atoms with van der Waals surface area (Å²) in [6.45, 7) is 2.38. The average molecular weight is 352 g/mol. The zero-order valence-electron chi connectivity index (χ0n) is 14.0. The smallest absolute Gasteiger partial charge is 0.264 e. The van der Waals surface area contributed by atoms with Crippen LogP contribution < -0.4 is 4.31 Å². The normalized spacial score (nSPS) is 11.2. The van der Waals surface area contributed by atoms with Crippen LogP contribution in [0.25, 0.3) is 0 Å². The Balaban J connectivity index is 1.93.